The molecule has 0 radical (unpaired) electrons. The van der Waals surface area contributed by atoms with Crippen molar-refractivity contribution in [1.29, 1.82) is 0 Å². The summed E-state index contributed by atoms with van der Waals surface area (Å²) >= 11 is 0. The monoisotopic (exact) mass is 303 g/mol. The van der Waals surface area contributed by atoms with Gasteiger partial charge in [0.1, 0.15) is 5.75 Å². The van der Waals surface area contributed by atoms with E-state index in [1.807, 2.05) is 12.1 Å². The van der Waals surface area contributed by atoms with E-state index in [2.05, 4.69) is 22.3 Å². The number of carbonyl (C=O) groups is 1. The zero-order chi connectivity index (χ0) is 15.6. The van der Waals surface area contributed by atoms with E-state index in [-0.39, 0.29) is 11.9 Å². The third kappa shape index (κ3) is 3.25. The molecule has 3 rings (SSSR count). The van der Waals surface area contributed by atoms with Crippen molar-refractivity contribution in [3.05, 3.63) is 29.8 Å². The molecule has 120 valence electrons. The van der Waals surface area contributed by atoms with E-state index in [9.17, 15) is 4.79 Å². The topological polar surface area (TPSA) is 67.6 Å². The van der Waals surface area contributed by atoms with Crippen LogP contribution >= 0.6 is 0 Å². The molecule has 22 heavy (non-hydrogen) atoms. The molecule has 1 saturated heterocycles. The average molecular weight is 303 g/mol. The molecule has 1 unspecified atom stereocenters. The Morgan fingerprint density at radius 1 is 1.32 bits per heavy atom. The van der Waals surface area contributed by atoms with Crippen molar-refractivity contribution < 1.29 is 9.53 Å². The number of methoxy groups -OCH3 is 1. The Bertz CT molecular complexity index is 519. The van der Waals surface area contributed by atoms with Crippen molar-refractivity contribution in [3.8, 4) is 5.75 Å². The quantitative estimate of drug-likeness (QED) is 0.834. The van der Waals surface area contributed by atoms with Crippen LogP contribution in [-0.4, -0.2) is 43.1 Å². The molecule has 1 heterocycles. The van der Waals surface area contributed by atoms with Gasteiger partial charge < -0.3 is 15.8 Å². The molecule has 1 aliphatic carbocycles. The van der Waals surface area contributed by atoms with Crippen molar-refractivity contribution in [2.45, 2.75) is 37.3 Å². The van der Waals surface area contributed by atoms with Gasteiger partial charge >= 0.3 is 0 Å². The Kier molecular flexibility index (Phi) is 4.36. The second kappa shape index (κ2) is 6.26. The van der Waals surface area contributed by atoms with Gasteiger partial charge in [0.2, 0.25) is 5.91 Å². The van der Waals surface area contributed by atoms with Crippen LogP contribution in [0.3, 0.4) is 0 Å². The van der Waals surface area contributed by atoms with E-state index in [0.29, 0.717) is 6.54 Å². The van der Waals surface area contributed by atoms with Gasteiger partial charge in [0.25, 0.3) is 0 Å². The molecule has 2 aliphatic rings. The van der Waals surface area contributed by atoms with Crippen LogP contribution in [0.4, 0.5) is 0 Å². The molecule has 5 heteroatoms. The fourth-order valence-corrected chi connectivity index (χ4v) is 3.06. The van der Waals surface area contributed by atoms with E-state index in [1.54, 1.807) is 7.11 Å². The lowest BCUT2D eigenvalue weighted by atomic mass is 10.0. The first kappa shape index (κ1) is 15.3. The second-order valence-electron chi connectivity index (χ2n) is 6.40. The third-order valence-electron chi connectivity index (χ3n) is 4.78. The molecule has 1 amide bonds. The summed E-state index contributed by atoms with van der Waals surface area (Å²) < 4.78 is 5.23. The number of nitrogens with two attached hydrogens (primary N) is 1. The Labute approximate surface area is 131 Å². The molecule has 0 aromatic heterocycles. The highest BCUT2D eigenvalue weighted by atomic mass is 16.5. The van der Waals surface area contributed by atoms with Gasteiger partial charge in [-0.05, 0) is 56.5 Å². The maximum Gasteiger partial charge on any atom is 0.240 e. The number of hydrogen-bond donors (Lipinski definition) is 2. The molecule has 1 aliphatic heterocycles. The average Bonchev–Trinajstić information content (AvgIpc) is 3.08. The molecule has 0 bridgehead atoms. The van der Waals surface area contributed by atoms with Gasteiger partial charge in [0.05, 0.1) is 18.7 Å². The highest BCUT2D eigenvalue weighted by Gasteiger charge is 2.46. The van der Waals surface area contributed by atoms with Crippen LogP contribution in [0.2, 0.25) is 0 Å². The predicted octanol–water partition coefficient (Wildman–Crippen LogP) is 1.44. The number of likely N-dealkylation sites (tertiary alicyclic amines) is 1. The highest BCUT2D eigenvalue weighted by molar-refractivity contribution is 5.89. The van der Waals surface area contributed by atoms with E-state index in [4.69, 9.17) is 10.5 Å². The van der Waals surface area contributed by atoms with Crippen molar-refractivity contribution >= 4 is 5.91 Å². The minimum absolute atomic E-state index is 0.00907. The molecular weight excluding hydrogens is 278 g/mol. The Morgan fingerprint density at radius 3 is 2.50 bits per heavy atom. The standard InChI is InChI=1S/C17H25N3O2/c1-22-14-6-4-13(5-7-14)15(20-10-2-3-11-20)12-19-16(21)17(18)8-9-17/h4-7,15H,2-3,8-12,18H2,1H3,(H,19,21). The molecule has 1 saturated carbocycles. The number of benzene rings is 1. The molecule has 3 N–H and O–H groups in total. The lowest BCUT2D eigenvalue weighted by Gasteiger charge is -2.28. The number of nitrogens with one attached hydrogen (secondary N) is 1. The fraction of sp³-hybridized carbons (Fsp3) is 0.588. The maximum absolute atomic E-state index is 12.1. The van der Waals surface area contributed by atoms with E-state index in [1.165, 1.54) is 18.4 Å². The molecule has 1 aromatic rings. The fourth-order valence-electron chi connectivity index (χ4n) is 3.06. The van der Waals surface area contributed by atoms with E-state index in [0.717, 1.165) is 31.7 Å². The number of amides is 1. The second-order valence-corrected chi connectivity index (χ2v) is 6.40. The largest absolute Gasteiger partial charge is 0.497 e. The van der Waals surface area contributed by atoms with Crippen molar-refractivity contribution in [3.63, 3.8) is 0 Å². The first-order valence-corrected chi connectivity index (χ1v) is 8.07. The normalized spacial score (nSPS) is 21.4. The summed E-state index contributed by atoms with van der Waals surface area (Å²) in [6, 6.07) is 8.34. The Hall–Kier alpha value is -1.59. The first-order chi connectivity index (χ1) is 10.6. The molecule has 1 atom stereocenters. The molecule has 1 aromatic carbocycles. The van der Waals surface area contributed by atoms with Crippen LogP contribution in [0.15, 0.2) is 24.3 Å². The van der Waals surface area contributed by atoms with Crippen LogP contribution in [0, 0.1) is 0 Å². The number of hydrogen-bond acceptors (Lipinski definition) is 4. The Balaban J connectivity index is 1.69. The van der Waals surface area contributed by atoms with Crippen molar-refractivity contribution in [1.82, 2.24) is 10.2 Å². The van der Waals surface area contributed by atoms with Crippen LogP contribution in [0.25, 0.3) is 0 Å². The zero-order valence-electron chi connectivity index (χ0n) is 13.2. The maximum atomic E-state index is 12.1. The lowest BCUT2D eigenvalue weighted by molar-refractivity contribution is -0.123. The minimum atomic E-state index is -0.602. The SMILES string of the molecule is COc1ccc(C(CNC(=O)C2(N)CC2)N2CCCC2)cc1. The van der Waals surface area contributed by atoms with Gasteiger partial charge in [-0.3, -0.25) is 9.69 Å². The number of nitrogens with zero attached hydrogens (tertiary/aromatic N) is 1. The summed E-state index contributed by atoms with van der Waals surface area (Å²) in [5.41, 5.74) is 6.58. The first-order valence-electron chi connectivity index (χ1n) is 8.07. The van der Waals surface area contributed by atoms with Crippen LogP contribution in [0.5, 0.6) is 5.75 Å². The molecule has 0 spiro atoms. The lowest BCUT2D eigenvalue weighted by Crippen LogP contribution is -2.46. The zero-order valence-corrected chi connectivity index (χ0v) is 13.2. The molecule has 5 nitrogen and oxygen atoms in total. The minimum Gasteiger partial charge on any atom is -0.497 e. The third-order valence-corrected chi connectivity index (χ3v) is 4.78. The summed E-state index contributed by atoms with van der Waals surface area (Å²) in [6.45, 7) is 2.78. The van der Waals surface area contributed by atoms with Crippen molar-refractivity contribution in [2.24, 2.45) is 5.73 Å². The van der Waals surface area contributed by atoms with Gasteiger partial charge in [-0.2, -0.15) is 0 Å². The smallest absolute Gasteiger partial charge is 0.240 e. The van der Waals surface area contributed by atoms with Crippen LogP contribution in [-0.2, 0) is 4.79 Å². The predicted molar refractivity (Wildman–Crippen MR) is 85.7 cm³/mol. The van der Waals surface area contributed by atoms with Gasteiger partial charge in [-0.1, -0.05) is 12.1 Å². The highest BCUT2D eigenvalue weighted by Crippen LogP contribution is 2.32. The van der Waals surface area contributed by atoms with Crippen LogP contribution < -0.4 is 15.8 Å². The van der Waals surface area contributed by atoms with Gasteiger partial charge in [0, 0.05) is 6.54 Å². The summed E-state index contributed by atoms with van der Waals surface area (Å²) in [5.74, 6) is 0.844. The Morgan fingerprint density at radius 2 is 1.95 bits per heavy atom. The summed E-state index contributed by atoms with van der Waals surface area (Å²) in [6.07, 6.45) is 4.05. The number of rotatable bonds is 6. The summed E-state index contributed by atoms with van der Waals surface area (Å²) in [7, 11) is 1.67. The number of ether oxygens (including phenoxy) is 1. The van der Waals surface area contributed by atoms with Gasteiger partial charge in [0.15, 0.2) is 0 Å². The molecular formula is C17H25N3O2. The molecule has 2 fully saturated rings. The summed E-state index contributed by atoms with van der Waals surface area (Å²) in [5, 5.41) is 3.05. The van der Waals surface area contributed by atoms with Gasteiger partial charge in [-0.25, -0.2) is 0 Å². The van der Waals surface area contributed by atoms with E-state index >= 15 is 0 Å². The summed E-state index contributed by atoms with van der Waals surface area (Å²) in [4.78, 5) is 14.5. The van der Waals surface area contributed by atoms with Crippen LogP contribution in [0.1, 0.15) is 37.3 Å². The number of carbonyl (C=O) groups excluding carboxylic acids is 1. The van der Waals surface area contributed by atoms with Gasteiger partial charge in [-0.15, -0.1) is 0 Å². The van der Waals surface area contributed by atoms with Crippen molar-refractivity contribution in [2.75, 3.05) is 26.7 Å². The van der Waals surface area contributed by atoms with E-state index < -0.39 is 5.54 Å².